The van der Waals surface area contributed by atoms with Crippen molar-refractivity contribution in [3.63, 3.8) is 0 Å². The van der Waals surface area contributed by atoms with E-state index in [4.69, 9.17) is 5.73 Å². The maximum Gasteiger partial charge on any atom is 0.321 e. The van der Waals surface area contributed by atoms with Gasteiger partial charge in [0, 0.05) is 44.3 Å². The first-order valence-corrected chi connectivity index (χ1v) is 8.66. The zero-order valence-corrected chi connectivity index (χ0v) is 14.1. The number of urea groups is 1. The molecule has 0 atom stereocenters. The monoisotopic (exact) mass is 356 g/mol. The third-order valence-corrected chi connectivity index (χ3v) is 4.71. The molecule has 3 N–H and O–H groups in total. The smallest absolute Gasteiger partial charge is 0.321 e. The minimum atomic E-state index is -0.119. The summed E-state index contributed by atoms with van der Waals surface area (Å²) in [5.41, 5.74) is 9.03. The Kier molecular flexibility index (Phi) is 4.02. The molecule has 2 amide bonds. The number of aromatic nitrogens is 4. The van der Waals surface area contributed by atoms with Crippen LogP contribution in [0.1, 0.15) is 0 Å². The van der Waals surface area contributed by atoms with E-state index in [1.54, 1.807) is 34.9 Å². The molecule has 1 saturated heterocycles. The zero-order chi connectivity index (χ0) is 17.2. The van der Waals surface area contributed by atoms with Crippen molar-refractivity contribution >= 4 is 45.2 Å². The molecule has 9 nitrogen and oxygen atoms in total. The molecule has 0 spiro atoms. The van der Waals surface area contributed by atoms with E-state index >= 15 is 0 Å². The quantitative estimate of drug-likeness (QED) is 0.714. The van der Waals surface area contributed by atoms with Crippen molar-refractivity contribution in [3.8, 4) is 0 Å². The predicted molar refractivity (Wildman–Crippen MR) is 96.7 cm³/mol. The fourth-order valence-corrected chi connectivity index (χ4v) is 3.40. The number of anilines is 3. The predicted octanol–water partition coefficient (Wildman–Crippen LogP) is 1.42. The lowest BCUT2D eigenvalue weighted by atomic mass is 10.3. The van der Waals surface area contributed by atoms with Gasteiger partial charge in [-0.1, -0.05) is 0 Å². The lowest BCUT2D eigenvalue weighted by Crippen LogP contribution is -2.50. The number of nitrogen functional groups attached to an aromatic ring is 1. The number of pyridine rings is 1. The van der Waals surface area contributed by atoms with E-state index in [2.05, 4.69) is 30.2 Å². The van der Waals surface area contributed by atoms with Gasteiger partial charge in [-0.3, -0.25) is 4.98 Å². The fourth-order valence-electron chi connectivity index (χ4n) is 2.74. The molecule has 0 radical (unpaired) electrons. The lowest BCUT2D eigenvalue weighted by molar-refractivity contribution is 0.208. The van der Waals surface area contributed by atoms with Crippen LogP contribution in [0.4, 0.5) is 22.2 Å². The van der Waals surface area contributed by atoms with Crippen molar-refractivity contribution in [1.29, 1.82) is 0 Å². The van der Waals surface area contributed by atoms with E-state index in [0.717, 1.165) is 21.9 Å². The van der Waals surface area contributed by atoms with E-state index in [1.807, 2.05) is 0 Å². The summed E-state index contributed by atoms with van der Waals surface area (Å²) in [6.45, 7) is 2.50. The summed E-state index contributed by atoms with van der Waals surface area (Å²) in [6, 6.07) is 3.40. The highest BCUT2D eigenvalue weighted by molar-refractivity contribution is 7.16. The van der Waals surface area contributed by atoms with E-state index in [1.165, 1.54) is 11.3 Å². The second-order valence-electron chi connectivity index (χ2n) is 5.55. The number of hydrogen-bond acceptors (Lipinski definition) is 8. The number of carbonyl (C=O) groups excluding carboxylic acids is 1. The Morgan fingerprint density at radius 3 is 2.68 bits per heavy atom. The third-order valence-electron chi connectivity index (χ3n) is 4.00. The maximum atomic E-state index is 12.4. The summed E-state index contributed by atoms with van der Waals surface area (Å²) in [6.07, 6.45) is 3.29. The SMILES string of the molecule is Nc1nc(N2CCN(C(=O)Nc3ccncc3)CC2)c2ncsc2n1. The molecule has 1 aliphatic heterocycles. The van der Waals surface area contributed by atoms with Crippen molar-refractivity contribution in [2.75, 3.05) is 42.1 Å². The molecule has 4 rings (SSSR count). The van der Waals surface area contributed by atoms with Crippen LogP contribution in [-0.4, -0.2) is 57.0 Å². The molecule has 128 valence electrons. The third kappa shape index (κ3) is 3.15. The highest BCUT2D eigenvalue weighted by atomic mass is 32.1. The van der Waals surface area contributed by atoms with Crippen LogP contribution in [-0.2, 0) is 0 Å². The largest absolute Gasteiger partial charge is 0.368 e. The molecule has 1 aliphatic rings. The number of amides is 2. The van der Waals surface area contributed by atoms with Gasteiger partial charge in [0.15, 0.2) is 10.6 Å². The maximum absolute atomic E-state index is 12.4. The van der Waals surface area contributed by atoms with Gasteiger partial charge in [0.1, 0.15) is 5.52 Å². The summed E-state index contributed by atoms with van der Waals surface area (Å²) < 4.78 is 0. The van der Waals surface area contributed by atoms with Gasteiger partial charge in [-0.2, -0.15) is 4.98 Å². The standard InChI is InChI=1S/C15H16N8OS/c16-14-20-12(11-13(21-14)25-9-18-11)22-5-7-23(8-6-22)15(24)19-10-1-3-17-4-2-10/h1-4,9H,5-8H2,(H2,16,20,21)(H,17,19,24). The molecule has 3 aromatic rings. The Hall–Kier alpha value is -3.01. The Morgan fingerprint density at radius 2 is 1.92 bits per heavy atom. The number of rotatable bonds is 2. The number of nitrogens with zero attached hydrogens (tertiary/aromatic N) is 6. The highest BCUT2D eigenvalue weighted by Crippen LogP contribution is 2.26. The molecule has 3 aromatic heterocycles. The number of hydrogen-bond donors (Lipinski definition) is 2. The van der Waals surface area contributed by atoms with E-state index < -0.39 is 0 Å². The Labute approximate surface area is 147 Å². The van der Waals surface area contributed by atoms with Gasteiger partial charge in [-0.15, -0.1) is 11.3 Å². The first kappa shape index (κ1) is 15.5. The Morgan fingerprint density at radius 1 is 1.16 bits per heavy atom. The topological polar surface area (TPSA) is 113 Å². The zero-order valence-electron chi connectivity index (χ0n) is 13.3. The van der Waals surface area contributed by atoms with Crippen LogP contribution in [0, 0.1) is 0 Å². The van der Waals surface area contributed by atoms with Gasteiger partial charge in [0.25, 0.3) is 0 Å². The molecule has 0 unspecified atom stereocenters. The van der Waals surface area contributed by atoms with Crippen molar-refractivity contribution < 1.29 is 4.79 Å². The molecule has 10 heteroatoms. The van der Waals surface area contributed by atoms with Gasteiger partial charge in [-0.05, 0) is 12.1 Å². The van der Waals surface area contributed by atoms with Crippen molar-refractivity contribution in [3.05, 3.63) is 30.0 Å². The van der Waals surface area contributed by atoms with Gasteiger partial charge in [0.05, 0.1) is 5.51 Å². The lowest BCUT2D eigenvalue weighted by Gasteiger charge is -2.35. The highest BCUT2D eigenvalue weighted by Gasteiger charge is 2.24. The van der Waals surface area contributed by atoms with Crippen LogP contribution < -0.4 is 16.0 Å². The summed E-state index contributed by atoms with van der Waals surface area (Å²) in [4.78, 5) is 33.8. The number of fused-ring (bicyclic) bond motifs is 1. The molecule has 0 bridgehead atoms. The second-order valence-corrected chi connectivity index (χ2v) is 6.38. The molecule has 4 heterocycles. The number of nitrogens with one attached hydrogen (secondary N) is 1. The van der Waals surface area contributed by atoms with E-state index in [0.29, 0.717) is 26.2 Å². The average Bonchev–Trinajstić information content (AvgIpc) is 3.10. The van der Waals surface area contributed by atoms with E-state index in [-0.39, 0.29) is 12.0 Å². The van der Waals surface area contributed by atoms with Crippen LogP contribution in [0.5, 0.6) is 0 Å². The minimum absolute atomic E-state index is 0.119. The van der Waals surface area contributed by atoms with Gasteiger partial charge >= 0.3 is 6.03 Å². The summed E-state index contributed by atoms with van der Waals surface area (Å²) >= 11 is 1.44. The van der Waals surface area contributed by atoms with E-state index in [9.17, 15) is 4.79 Å². The van der Waals surface area contributed by atoms with Gasteiger partial charge in [-0.25, -0.2) is 14.8 Å². The normalized spacial score (nSPS) is 14.7. The Bertz CT molecular complexity index is 891. The van der Waals surface area contributed by atoms with Crippen LogP contribution in [0.25, 0.3) is 10.3 Å². The molecular weight excluding hydrogens is 340 g/mol. The first-order valence-electron chi connectivity index (χ1n) is 7.78. The Balaban J connectivity index is 1.44. The summed E-state index contributed by atoms with van der Waals surface area (Å²) in [7, 11) is 0. The molecule has 0 aromatic carbocycles. The molecular formula is C15H16N8OS. The first-order chi connectivity index (χ1) is 12.2. The summed E-state index contributed by atoms with van der Waals surface area (Å²) in [5.74, 6) is 0.975. The van der Waals surface area contributed by atoms with Crippen molar-refractivity contribution in [2.45, 2.75) is 0 Å². The second kappa shape index (κ2) is 6.48. The van der Waals surface area contributed by atoms with Crippen molar-refractivity contribution in [2.24, 2.45) is 0 Å². The summed E-state index contributed by atoms with van der Waals surface area (Å²) in [5, 5.41) is 2.87. The number of nitrogens with two attached hydrogens (primary N) is 1. The van der Waals surface area contributed by atoms with Crippen LogP contribution >= 0.6 is 11.3 Å². The van der Waals surface area contributed by atoms with Crippen LogP contribution in [0.3, 0.4) is 0 Å². The molecule has 1 fully saturated rings. The molecule has 0 aliphatic carbocycles. The average molecular weight is 356 g/mol. The van der Waals surface area contributed by atoms with Crippen LogP contribution in [0.15, 0.2) is 30.0 Å². The number of carbonyl (C=O) groups is 1. The minimum Gasteiger partial charge on any atom is -0.368 e. The van der Waals surface area contributed by atoms with Gasteiger partial charge in [0.2, 0.25) is 5.95 Å². The molecule has 25 heavy (non-hydrogen) atoms. The number of thiazole rings is 1. The fraction of sp³-hybridized carbons (Fsp3) is 0.267. The number of piperazine rings is 1. The van der Waals surface area contributed by atoms with Crippen LogP contribution in [0.2, 0.25) is 0 Å². The molecule has 0 saturated carbocycles. The van der Waals surface area contributed by atoms with Gasteiger partial charge < -0.3 is 20.9 Å². The van der Waals surface area contributed by atoms with Crippen molar-refractivity contribution in [1.82, 2.24) is 24.8 Å².